The number of alkyl halides is 3. The second kappa shape index (κ2) is 7.39. The molecule has 1 amide bonds. The summed E-state index contributed by atoms with van der Waals surface area (Å²) in [6.07, 6.45) is -1.41. The van der Waals surface area contributed by atoms with E-state index in [9.17, 15) is 26.4 Å². The van der Waals surface area contributed by atoms with E-state index >= 15 is 0 Å². The number of halogens is 3. The molecule has 2 aromatic rings. The van der Waals surface area contributed by atoms with Gasteiger partial charge in [0.15, 0.2) is 0 Å². The molecule has 13 heteroatoms. The molecule has 0 saturated carbocycles. The molecule has 1 fully saturated rings. The molecular weight excluding hydrogens is 401 g/mol. The van der Waals surface area contributed by atoms with E-state index in [-0.39, 0.29) is 17.3 Å². The second-order valence-corrected chi connectivity index (χ2v) is 7.75. The number of nitrogens with two attached hydrogens (primary N) is 1. The van der Waals surface area contributed by atoms with Crippen molar-refractivity contribution < 1.29 is 26.4 Å². The van der Waals surface area contributed by atoms with E-state index in [0.29, 0.717) is 32.0 Å². The fraction of sp³-hybridized carbons (Fsp3) is 0.400. The number of rotatable bonds is 4. The lowest BCUT2D eigenvalue weighted by molar-refractivity contribution is -0.138. The molecule has 0 spiro atoms. The van der Waals surface area contributed by atoms with E-state index in [1.165, 1.54) is 16.9 Å². The number of piperazine rings is 1. The maximum absolute atomic E-state index is 12.6. The zero-order valence-corrected chi connectivity index (χ0v) is 15.3. The number of aromatic nitrogens is 3. The van der Waals surface area contributed by atoms with E-state index in [1.807, 2.05) is 0 Å². The number of anilines is 1. The first-order valence-electron chi connectivity index (χ1n) is 8.15. The molecular formula is C15H17F3N6O3S. The third-order valence-corrected chi connectivity index (χ3v) is 5.13. The Hall–Kier alpha value is -2.67. The molecule has 0 aromatic carbocycles. The Kier molecular flexibility index (Phi) is 5.30. The highest BCUT2D eigenvalue weighted by atomic mass is 32.2. The van der Waals surface area contributed by atoms with E-state index in [4.69, 9.17) is 5.14 Å². The lowest BCUT2D eigenvalue weighted by atomic mass is 10.2. The number of nitrogens with zero attached hydrogens (tertiary/aromatic N) is 5. The van der Waals surface area contributed by atoms with Crippen molar-refractivity contribution in [2.75, 3.05) is 31.1 Å². The molecule has 2 N–H and O–H groups in total. The van der Waals surface area contributed by atoms with Crippen LogP contribution in [-0.2, 0) is 27.5 Å². The van der Waals surface area contributed by atoms with Crippen molar-refractivity contribution >= 4 is 21.7 Å². The molecule has 9 nitrogen and oxygen atoms in total. The standard InChI is InChI=1S/C15H17F3N6O3S/c16-15(17,18)11-1-2-13(20-7-11)22-3-5-23(6-4-22)14(25)10-24-9-12(8-21-24)28(19,26)27/h1-2,7-9H,3-6,10H2,(H2,19,26,27). The van der Waals surface area contributed by atoms with Gasteiger partial charge in [-0.15, -0.1) is 0 Å². The Labute approximate surface area is 158 Å². The Morgan fingerprint density at radius 2 is 1.82 bits per heavy atom. The van der Waals surface area contributed by atoms with Crippen LogP contribution in [0.1, 0.15) is 5.56 Å². The van der Waals surface area contributed by atoms with Gasteiger partial charge in [0.25, 0.3) is 0 Å². The van der Waals surface area contributed by atoms with Crippen molar-refractivity contribution in [3.8, 4) is 0 Å². The second-order valence-electron chi connectivity index (χ2n) is 6.19. The van der Waals surface area contributed by atoms with Gasteiger partial charge >= 0.3 is 6.18 Å². The van der Waals surface area contributed by atoms with Crippen LogP contribution in [0.15, 0.2) is 35.6 Å². The van der Waals surface area contributed by atoms with Gasteiger partial charge in [-0.05, 0) is 12.1 Å². The predicted molar refractivity (Wildman–Crippen MR) is 91.6 cm³/mol. The summed E-state index contributed by atoms with van der Waals surface area (Å²) in [5.41, 5.74) is -0.817. The van der Waals surface area contributed by atoms with Crippen LogP contribution in [0.5, 0.6) is 0 Å². The highest BCUT2D eigenvalue weighted by Crippen LogP contribution is 2.29. The maximum Gasteiger partial charge on any atom is 0.417 e. The molecule has 1 saturated heterocycles. The molecule has 0 bridgehead atoms. The molecule has 152 valence electrons. The van der Waals surface area contributed by atoms with Crippen LogP contribution in [0.4, 0.5) is 19.0 Å². The summed E-state index contributed by atoms with van der Waals surface area (Å²) < 4.78 is 61.5. The topological polar surface area (TPSA) is 114 Å². The van der Waals surface area contributed by atoms with Gasteiger partial charge in [-0.3, -0.25) is 9.48 Å². The van der Waals surface area contributed by atoms with Crippen LogP contribution in [0, 0.1) is 0 Å². The number of hydrogen-bond acceptors (Lipinski definition) is 6. The number of carbonyl (C=O) groups is 1. The quantitative estimate of drug-likeness (QED) is 0.764. The third-order valence-electron chi connectivity index (χ3n) is 4.27. The van der Waals surface area contributed by atoms with Crippen molar-refractivity contribution in [3.63, 3.8) is 0 Å². The van der Waals surface area contributed by atoms with Gasteiger partial charge < -0.3 is 9.80 Å². The van der Waals surface area contributed by atoms with Gasteiger partial charge in [-0.25, -0.2) is 18.5 Å². The highest BCUT2D eigenvalue weighted by Gasteiger charge is 2.31. The summed E-state index contributed by atoms with van der Waals surface area (Å²) >= 11 is 0. The first-order chi connectivity index (χ1) is 13.0. The number of hydrogen-bond donors (Lipinski definition) is 1. The van der Waals surface area contributed by atoms with Gasteiger partial charge in [-0.2, -0.15) is 18.3 Å². The van der Waals surface area contributed by atoms with Gasteiger partial charge in [-0.1, -0.05) is 0 Å². The van der Waals surface area contributed by atoms with Crippen molar-refractivity contribution in [2.24, 2.45) is 5.14 Å². The predicted octanol–water partition coefficient (Wildman–Crippen LogP) is 0.293. The van der Waals surface area contributed by atoms with Crippen LogP contribution >= 0.6 is 0 Å². The third kappa shape index (κ3) is 4.59. The highest BCUT2D eigenvalue weighted by molar-refractivity contribution is 7.89. The first kappa shape index (κ1) is 20.1. The van der Waals surface area contributed by atoms with Gasteiger partial charge in [0.1, 0.15) is 17.3 Å². The zero-order chi connectivity index (χ0) is 20.5. The van der Waals surface area contributed by atoms with Gasteiger partial charge in [0.05, 0.1) is 11.8 Å². The molecule has 3 heterocycles. The fourth-order valence-corrected chi connectivity index (χ4v) is 3.20. The SMILES string of the molecule is NS(=O)(=O)c1cnn(CC(=O)N2CCN(c3ccc(C(F)(F)F)cn3)CC2)c1. The van der Waals surface area contributed by atoms with E-state index < -0.39 is 21.8 Å². The summed E-state index contributed by atoms with van der Waals surface area (Å²) in [5, 5.41) is 8.80. The maximum atomic E-state index is 12.6. The average molecular weight is 418 g/mol. The smallest absolute Gasteiger partial charge is 0.353 e. The summed E-state index contributed by atoms with van der Waals surface area (Å²) in [6.45, 7) is 1.38. The van der Waals surface area contributed by atoms with Crippen molar-refractivity contribution in [1.82, 2.24) is 19.7 Å². The zero-order valence-electron chi connectivity index (χ0n) is 14.5. The van der Waals surface area contributed by atoms with Crippen LogP contribution in [0.25, 0.3) is 0 Å². The lowest BCUT2D eigenvalue weighted by Crippen LogP contribution is -2.49. The molecule has 2 aromatic heterocycles. The van der Waals surface area contributed by atoms with E-state index in [1.54, 1.807) is 9.80 Å². The fourth-order valence-electron chi connectivity index (χ4n) is 2.74. The van der Waals surface area contributed by atoms with E-state index in [0.717, 1.165) is 18.5 Å². The molecule has 0 atom stereocenters. The Morgan fingerprint density at radius 1 is 1.14 bits per heavy atom. The number of carbonyl (C=O) groups excluding carboxylic acids is 1. The Bertz CT molecular complexity index is 950. The van der Waals surface area contributed by atoms with Crippen LogP contribution < -0.4 is 10.0 Å². The normalized spacial score (nSPS) is 15.7. The average Bonchev–Trinajstić information content (AvgIpc) is 3.10. The summed E-state index contributed by atoms with van der Waals surface area (Å²) in [5.74, 6) is 0.147. The molecule has 0 unspecified atom stereocenters. The minimum absolute atomic E-state index is 0.145. The lowest BCUT2D eigenvalue weighted by Gasteiger charge is -2.35. The summed E-state index contributed by atoms with van der Waals surface area (Å²) in [4.78, 5) is 19.4. The summed E-state index contributed by atoms with van der Waals surface area (Å²) in [6, 6.07) is 2.28. The molecule has 0 radical (unpaired) electrons. The minimum Gasteiger partial charge on any atom is -0.353 e. The molecule has 0 aliphatic carbocycles. The van der Waals surface area contributed by atoms with E-state index in [2.05, 4.69) is 10.1 Å². The van der Waals surface area contributed by atoms with Crippen LogP contribution in [0.2, 0.25) is 0 Å². The Morgan fingerprint density at radius 3 is 2.32 bits per heavy atom. The van der Waals surface area contributed by atoms with Crippen molar-refractivity contribution in [2.45, 2.75) is 17.6 Å². The Balaban J connectivity index is 1.56. The van der Waals surface area contributed by atoms with Gasteiger partial charge in [0.2, 0.25) is 15.9 Å². The monoisotopic (exact) mass is 418 g/mol. The number of primary sulfonamides is 1. The summed E-state index contributed by atoms with van der Waals surface area (Å²) in [7, 11) is -3.89. The van der Waals surface area contributed by atoms with Crippen LogP contribution in [-0.4, -0.2) is 60.2 Å². The minimum atomic E-state index is -4.44. The molecule has 28 heavy (non-hydrogen) atoms. The number of pyridine rings is 1. The largest absolute Gasteiger partial charge is 0.417 e. The van der Waals surface area contributed by atoms with Gasteiger partial charge in [0, 0.05) is 38.6 Å². The number of amides is 1. The molecule has 3 rings (SSSR count). The van der Waals surface area contributed by atoms with Crippen molar-refractivity contribution in [3.05, 3.63) is 36.3 Å². The van der Waals surface area contributed by atoms with Crippen molar-refractivity contribution in [1.29, 1.82) is 0 Å². The number of sulfonamides is 1. The first-order valence-corrected chi connectivity index (χ1v) is 9.70. The molecule has 1 aliphatic heterocycles. The van der Waals surface area contributed by atoms with Crippen LogP contribution in [0.3, 0.4) is 0 Å². The molecule has 1 aliphatic rings.